The third-order valence-electron chi connectivity index (χ3n) is 3.54. The van der Waals surface area contributed by atoms with Crippen LogP contribution in [0.2, 0.25) is 0 Å². The fourth-order valence-electron chi connectivity index (χ4n) is 2.39. The molecule has 1 aromatic rings. The standard InChI is InChI=1S/C13H20N4O3/c1-17-4-3-9(7-17)12(18)16-11(13(19)20-2)5-10-6-14-8-15-10/h6,8-9,11H,3-5,7H2,1-2H3,(H,14,15)(H,16,18)/t9?,11-/m0/s1. The van der Waals surface area contributed by atoms with Gasteiger partial charge in [0.05, 0.1) is 19.4 Å². The summed E-state index contributed by atoms with van der Waals surface area (Å²) in [5.41, 5.74) is 0.782. The average Bonchev–Trinajstić information content (AvgIpc) is 3.08. The smallest absolute Gasteiger partial charge is 0.328 e. The van der Waals surface area contributed by atoms with E-state index >= 15 is 0 Å². The van der Waals surface area contributed by atoms with E-state index in [1.807, 2.05) is 7.05 Å². The molecule has 1 amide bonds. The number of aromatic nitrogens is 2. The molecule has 0 spiro atoms. The highest BCUT2D eigenvalue weighted by Crippen LogP contribution is 2.14. The number of methoxy groups -OCH3 is 1. The number of esters is 1. The second-order valence-corrected chi connectivity index (χ2v) is 5.11. The molecule has 110 valence electrons. The van der Waals surface area contributed by atoms with E-state index in [4.69, 9.17) is 4.74 Å². The lowest BCUT2D eigenvalue weighted by Crippen LogP contribution is -2.46. The number of H-pyrrole nitrogens is 1. The van der Waals surface area contributed by atoms with Crippen LogP contribution in [0.3, 0.4) is 0 Å². The lowest BCUT2D eigenvalue weighted by atomic mass is 10.1. The minimum Gasteiger partial charge on any atom is -0.467 e. The molecule has 0 saturated carbocycles. The molecule has 7 nitrogen and oxygen atoms in total. The molecule has 2 heterocycles. The van der Waals surface area contributed by atoms with Crippen molar-refractivity contribution in [3.05, 3.63) is 18.2 Å². The fraction of sp³-hybridized carbons (Fsp3) is 0.615. The molecule has 20 heavy (non-hydrogen) atoms. The largest absolute Gasteiger partial charge is 0.467 e. The molecular weight excluding hydrogens is 260 g/mol. The number of nitrogens with one attached hydrogen (secondary N) is 2. The summed E-state index contributed by atoms with van der Waals surface area (Å²) in [4.78, 5) is 32.9. The topological polar surface area (TPSA) is 87.3 Å². The van der Waals surface area contributed by atoms with Crippen LogP contribution < -0.4 is 5.32 Å². The van der Waals surface area contributed by atoms with E-state index in [0.717, 1.165) is 25.2 Å². The molecule has 1 aliphatic rings. The zero-order valence-electron chi connectivity index (χ0n) is 11.8. The van der Waals surface area contributed by atoms with Gasteiger partial charge in [0, 0.05) is 24.9 Å². The Kier molecular flexibility index (Phi) is 4.73. The molecule has 2 rings (SSSR count). The maximum Gasteiger partial charge on any atom is 0.328 e. The van der Waals surface area contributed by atoms with Crippen LogP contribution in [-0.4, -0.2) is 60.0 Å². The predicted molar refractivity (Wildman–Crippen MR) is 71.8 cm³/mol. The van der Waals surface area contributed by atoms with Gasteiger partial charge in [0.1, 0.15) is 6.04 Å². The van der Waals surface area contributed by atoms with Crippen LogP contribution in [-0.2, 0) is 20.7 Å². The second-order valence-electron chi connectivity index (χ2n) is 5.11. The van der Waals surface area contributed by atoms with Gasteiger partial charge in [-0.25, -0.2) is 9.78 Å². The van der Waals surface area contributed by atoms with Crippen LogP contribution in [0.15, 0.2) is 12.5 Å². The lowest BCUT2D eigenvalue weighted by molar-refractivity contribution is -0.145. The number of likely N-dealkylation sites (tertiary alicyclic amines) is 1. The molecule has 1 unspecified atom stereocenters. The summed E-state index contributed by atoms with van der Waals surface area (Å²) >= 11 is 0. The summed E-state index contributed by atoms with van der Waals surface area (Å²) in [7, 11) is 3.30. The monoisotopic (exact) mass is 280 g/mol. The predicted octanol–water partition coefficient (Wildman–Crippen LogP) is -0.438. The third kappa shape index (κ3) is 3.57. The molecule has 2 atom stereocenters. The molecule has 0 aliphatic carbocycles. The first-order chi connectivity index (χ1) is 9.60. The molecule has 7 heteroatoms. The van der Waals surface area contributed by atoms with E-state index in [1.165, 1.54) is 13.4 Å². The number of ether oxygens (including phenoxy) is 1. The second kappa shape index (κ2) is 6.51. The molecule has 0 bridgehead atoms. The minimum absolute atomic E-state index is 0.0612. The van der Waals surface area contributed by atoms with Gasteiger partial charge in [0.15, 0.2) is 0 Å². The number of hydrogen-bond donors (Lipinski definition) is 2. The Morgan fingerprint density at radius 1 is 1.65 bits per heavy atom. The zero-order chi connectivity index (χ0) is 14.5. The van der Waals surface area contributed by atoms with E-state index in [2.05, 4.69) is 20.2 Å². The van der Waals surface area contributed by atoms with Gasteiger partial charge in [0.25, 0.3) is 0 Å². The molecule has 1 aliphatic heterocycles. The van der Waals surface area contributed by atoms with Crippen molar-refractivity contribution in [2.24, 2.45) is 5.92 Å². The van der Waals surface area contributed by atoms with Crippen molar-refractivity contribution in [3.8, 4) is 0 Å². The number of amides is 1. The van der Waals surface area contributed by atoms with E-state index in [-0.39, 0.29) is 11.8 Å². The maximum atomic E-state index is 12.2. The Labute approximate surface area is 117 Å². The third-order valence-corrected chi connectivity index (χ3v) is 3.54. The Balaban J connectivity index is 1.96. The number of carbonyl (C=O) groups is 2. The van der Waals surface area contributed by atoms with Crippen LogP contribution in [0.25, 0.3) is 0 Å². The Bertz CT molecular complexity index is 460. The Morgan fingerprint density at radius 3 is 3.00 bits per heavy atom. The summed E-state index contributed by atoms with van der Waals surface area (Å²) < 4.78 is 4.75. The van der Waals surface area contributed by atoms with Gasteiger partial charge < -0.3 is 19.9 Å². The van der Waals surface area contributed by atoms with Gasteiger partial charge >= 0.3 is 5.97 Å². The van der Waals surface area contributed by atoms with Crippen LogP contribution >= 0.6 is 0 Å². The normalized spacial score (nSPS) is 20.6. The van der Waals surface area contributed by atoms with Crippen LogP contribution in [0.5, 0.6) is 0 Å². The number of nitrogens with zero attached hydrogens (tertiary/aromatic N) is 2. The van der Waals surface area contributed by atoms with Crippen molar-refractivity contribution < 1.29 is 14.3 Å². The lowest BCUT2D eigenvalue weighted by Gasteiger charge is -2.18. The van der Waals surface area contributed by atoms with Crippen molar-refractivity contribution in [2.75, 3.05) is 27.2 Å². The van der Waals surface area contributed by atoms with Crippen molar-refractivity contribution in [1.29, 1.82) is 0 Å². The van der Waals surface area contributed by atoms with Gasteiger partial charge in [-0.15, -0.1) is 0 Å². The quantitative estimate of drug-likeness (QED) is 0.714. The highest BCUT2D eigenvalue weighted by atomic mass is 16.5. The first-order valence-corrected chi connectivity index (χ1v) is 6.64. The number of rotatable bonds is 5. The van der Waals surface area contributed by atoms with Crippen molar-refractivity contribution in [2.45, 2.75) is 18.9 Å². The molecule has 0 aromatic carbocycles. The van der Waals surface area contributed by atoms with Crippen molar-refractivity contribution in [3.63, 3.8) is 0 Å². The first-order valence-electron chi connectivity index (χ1n) is 6.64. The number of carbonyl (C=O) groups excluding carboxylic acids is 2. The zero-order valence-corrected chi connectivity index (χ0v) is 11.8. The molecule has 0 radical (unpaired) electrons. The first kappa shape index (κ1) is 14.5. The molecular formula is C13H20N4O3. The van der Waals surface area contributed by atoms with Gasteiger partial charge in [-0.05, 0) is 20.0 Å². The van der Waals surface area contributed by atoms with E-state index in [0.29, 0.717) is 6.42 Å². The van der Waals surface area contributed by atoms with Crippen molar-refractivity contribution >= 4 is 11.9 Å². The summed E-state index contributed by atoms with van der Waals surface area (Å²) in [6, 6.07) is -0.682. The molecule has 1 saturated heterocycles. The fourth-order valence-corrected chi connectivity index (χ4v) is 2.39. The molecule has 1 aromatic heterocycles. The van der Waals surface area contributed by atoms with Crippen LogP contribution in [0, 0.1) is 5.92 Å². The SMILES string of the molecule is COC(=O)[C@H](Cc1cnc[nH]1)NC(=O)C1CCN(C)C1. The van der Waals surface area contributed by atoms with Gasteiger partial charge in [-0.2, -0.15) is 0 Å². The Hall–Kier alpha value is -1.89. The highest BCUT2D eigenvalue weighted by Gasteiger charge is 2.30. The van der Waals surface area contributed by atoms with E-state index in [1.54, 1.807) is 6.20 Å². The van der Waals surface area contributed by atoms with E-state index in [9.17, 15) is 9.59 Å². The molecule has 2 N–H and O–H groups in total. The van der Waals surface area contributed by atoms with E-state index < -0.39 is 12.0 Å². The number of aromatic amines is 1. The van der Waals surface area contributed by atoms with Gasteiger partial charge in [-0.3, -0.25) is 4.79 Å². The number of hydrogen-bond acceptors (Lipinski definition) is 5. The maximum absolute atomic E-state index is 12.2. The Morgan fingerprint density at radius 2 is 2.45 bits per heavy atom. The summed E-state index contributed by atoms with van der Waals surface area (Å²) in [5, 5.41) is 2.78. The average molecular weight is 280 g/mol. The summed E-state index contributed by atoms with van der Waals surface area (Å²) in [5.74, 6) is -0.600. The minimum atomic E-state index is -0.682. The van der Waals surface area contributed by atoms with Gasteiger partial charge in [0.2, 0.25) is 5.91 Å². The van der Waals surface area contributed by atoms with Crippen LogP contribution in [0.4, 0.5) is 0 Å². The summed E-state index contributed by atoms with van der Waals surface area (Å²) in [6.45, 7) is 1.63. The van der Waals surface area contributed by atoms with Gasteiger partial charge in [-0.1, -0.05) is 0 Å². The van der Waals surface area contributed by atoms with Crippen molar-refractivity contribution in [1.82, 2.24) is 20.2 Å². The highest BCUT2D eigenvalue weighted by molar-refractivity contribution is 5.86. The molecule has 1 fully saturated rings. The number of imidazole rings is 1. The summed E-state index contributed by atoms with van der Waals surface area (Å²) in [6.07, 6.45) is 4.34. The van der Waals surface area contributed by atoms with Crippen LogP contribution in [0.1, 0.15) is 12.1 Å².